The van der Waals surface area contributed by atoms with Crippen LogP contribution in [0.5, 0.6) is 0 Å². The minimum Gasteiger partial charge on any atom is -0.339 e. The predicted octanol–water partition coefficient (Wildman–Crippen LogP) is 2.43. The van der Waals surface area contributed by atoms with Crippen LogP contribution in [-0.4, -0.2) is 53.3 Å². The van der Waals surface area contributed by atoms with Gasteiger partial charge >= 0.3 is 6.03 Å². The lowest BCUT2D eigenvalue weighted by Gasteiger charge is -2.39. The molecule has 1 aromatic rings. The first-order valence-electron chi connectivity index (χ1n) is 9.25. The van der Waals surface area contributed by atoms with Crippen LogP contribution >= 0.6 is 0 Å². The Bertz CT molecular complexity index is 780. The highest BCUT2D eigenvalue weighted by Crippen LogP contribution is 2.32. The van der Waals surface area contributed by atoms with Crippen LogP contribution < -0.4 is 10.6 Å². The van der Waals surface area contributed by atoms with E-state index >= 15 is 0 Å². The maximum atomic E-state index is 13.9. The molecule has 4 amide bonds. The molecule has 0 spiro atoms. The molecule has 1 saturated heterocycles. The Labute approximate surface area is 157 Å². The molecule has 2 heterocycles. The van der Waals surface area contributed by atoms with Crippen molar-refractivity contribution >= 4 is 29.2 Å². The number of piperazine rings is 1. The van der Waals surface area contributed by atoms with Gasteiger partial charge in [-0.25, -0.2) is 9.18 Å². The third-order valence-corrected chi connectivity index (χ3v) is 4.91. The van der Waals surface area contributed by atoms with Crippen molar-refractivity contribution in [2.75, 3.05) is 30.3 Å². The van der Waals surface area contributed by atoms with Crippen molar-refractivity contribution in [1.82, 2.24) is 9.80 Å². The summed E-state index contributed by atoms with van der Waals surface area (Å²) in [7, 11) is 0. The minimum absolute atomic E-state index is 0.0975. The predicted molar refractivity (Wildman–Crippen MR) is 100.0 cm³/mol. The smallest absolute Gasteiger partial charge is 0.322 e. The Balaban J connectivity index is 1.76. The number of urea groups is 1. The summed E-state index contributed by atoms with van der Waals surface area (Å²) in [4.78, 5) is 40.2. The summed E-state index contributed by atoms with van der Waals surface area (Å²) in [5.41, 5.74) is 1.29. The van der Waals surface area contributed by atoms with E-state index in [4.69, 9.17) is 0 Å². The molecule has 1 unspecified atom stereocenters. The van der Waals surface area contributed by atoms with Crippen molar-refractivity contribution < 1.29 is 18.8 Å². The highest BCUT2D eigenvalue weighted by Gasteiger charge is 2.35. The van der Waals surface area contributed by atoms with E-state index in [1.807, 2.05) is 13.8 Å². The number of carbonyl (C=O) groups excluding carboxylic acids is 3. The molecule has 0 bridgehead atoms. The van der Waals surface area contributed by atoms with Crippen LogP contribution in [0.4, 0.5) is 20.6 Å². The van der Waals surface area contributed by atoms with Gasteiger partial charge in [-0.1, -0.05) is 13.8 Å². The number of amides is 4. The lowest BCUT2D eigenvalue weighted by Crippen LogP contribution is -2.59. The number of hydrogen-bond donors (Lipinski definition) is 2. The van der Waals surface area contributed by atoms with E-state index in [1.54, 1.807) is 11.8 Å². The third-order valence-electron chi connectivity index (χ3n) is 4.91. The number of nitrogens with zero attached hydrogens (tertiary/aromatic N) is 2. The maximum Gasteiger partial charge on any atom is 0.322 e. The number of benzene rings is 1. The van der Waals surface area contributed by atoms with E-state index in [-0.39, 0.29) is 23.9 Å². The van der Waals surface area contributed by atoms with Gasteiger partial charge in [0.2, 0.25) is 11.8 Å². The number of anilines is 2. The van der Waals surface area contributed by atoms with Crippen LogP contribution in [0.15, 0.2) is 12.1 Å². The molecule has 0 aliphatic carbocycles. The van der Waals surface area contributed by atoms with Crippen molar-refractivity contribution in [3.8, 4) is 0 Å². The first kappa shape index (κ1) is 19.1. The second-order valence-corrected chi connectivity index (χ2v) is 7.51. The molecular weight excluding hydrogens is 351 g/mol. The zero-order valence-corrected chi connectivity index (χ0v) is 15.8. The normalized spacial score (nSPS) is 19.8. The van der Waals surface area contributed by atoms with Crippen LogP contribution in [0.2, 0.25) is 0 Å². The largest absolute Gasteiger partial charge is 0.339 e. The topological polar surface area (TPSA) is 81.8 Å². The summed E-state index contributed by atoms with van der Waals surface area (Å²) in [6.45, 7) is 7.29. The lowest BCUT2D eigenvalue weighted by molar-refractivity contribution is -0.139. The standard InChI is InChI=1S/C19H25FN4O3/c1-11(2)10-23-6-7-24(12(3)18(23)26)19(27)21-15-9-14(20)8-13-4-5-16(25)22-17(13)15/h8-9,11-12H,4-7,10H2,1-3H3,(H,21,27)(H,22,25). The van der Waals surface area contributed by atoms with E-state index in [0.29, 0.717) is 43.2 Å². The molecule has 2 N–H and O–H groups in total. The van der Waals surface area contributed by atoms with Crippen molar-refractivity contribution in [2.24, 2.45) is 5.92 Å². The van der Waals surface area contributed by atoms with Crippen LogP contribution in [0.25, 0.3) is 0 Å². The Morgan fingerprint density at radius 1 is 1.30 bits per heavy atom. The van der Waals surface area contributed by atoms with Crippen molar-refractivity contribution in [3.63, 3.8) is 0 Å². The number of hydrogen-bond acceptors (Lipinski definition) is 3. The molecule has 1 fully saturated rings. The highest BCUT2D eigenvalue weighted by atomic mass is 19.1. The molecule has 2 aliphatic heterocycles. The van der Waals surface area contributed by atoms with E-state index in [9.17, 15) is 18.8 Å². The number of aryl methyl sites for hydroxylation is 1. The number of fused-ring (bicyclic) bond motifs is 1. The molecule has 27 heavy (non-hydrogen) atoms. The first-order valence-corrected chi connectivity index (χ1v) is 9.25. The number of halogens is 1. The SMILES string of the molecule is CC(C)CN1CCN(C(=O)Nc2cc(F)cc3c2NC(=O)CC3)C(C)C1=O. The van der Waals surface area contributed by atoms with Crippen LogP contribution in [-0.2, 0) is 16.0 Å². The molecule has 8 heteroatoms. The van der Waals surface area contributed by atoms with Crippen molar-refractivity contribution in [2.45, 2.75) is 39.7 Å². The zero-order chi connectivity index (χ0) is 19.7. The van der Waals surface area contributed by atoms with Gasteiger partial charge in [0.1, 0.15) is 11.9 Å². The monoisotopic (exact) mass is 376 g/mol. The fraction of sp³-hybridized carbons (Fsp3) is 0.526. The molecule has 2 aliphatic rings. The summed E-state index contributed by atoms with van der Waals surface area (Å²) in [5, 5.41) is 5.37. The summed E-state index contributed by atoms with van der Waals surface area (Å²) in [5.74, 6) is -0.398. The summed E-state index contributed by atoms with van der Waals surface area (Å²) >= 11 is 0. The molecule has 146 valence electrons. The quantitative estimate of drug-likeness (QED) is 0.850. The molecule has 7 nitrogen and oxygen atoms in total. The van der Waals surface area contributed by atoms with Crippen molar-refractivity contribution in [3.05, 3.63) is 23.5 Å². The molecule has 0 aromatic heterocycles. The van der Waals surface area contributed by atoms with Gasteiger partial charge in [0.05, 0.1) is 11.4 Å². The lowest BCUT2D eigenvalue weighted by atomic mass is 10.0. The Hall–Kier alpha value is -2.64. The van der Waals surface area contributed by atoms with E-state index in [2.05, 4.69) is 10.6 Å². The van der Waals surface area contributed by atoms with Gasteiger partial charge in [0, 0.05) is 26.1 Å². The first-order chi connectivity index (χ1) is 12.8. The summed E-state index contributed by atoms with van der Waals surface area (Å²) in [6.07, 6.45) is 0.706. The molecule has 0 saturated carbocycles. The molecular formula is C19H25FN4O3. The van der Waals surface area contributed by atoms with Gasteiger partial charge in [-0.3, -0.25) is 9.59 Å². The van der Waals surface area contributed by atoms with Crippen LogP contribution in [0.1, 0.15) is 32.8 Å². The zero-order valence-electron chi connectivity index (χ0n) is 15.8. The van der Waals surface area contributed by atoms with Gasteiger partial charge < -0.3 is 20.4 Å². The van der Waals surface area contributed by atoms with Crippen LogP contribution in [0, 0.1) is 11.7 Å². The summed E-state index contributed by atoms with van der Waals surface area (Å²) in [6, 6.07) is 1.47. The van der Waals surface area contributed by atoms with Crippen LogP contribution in [0.3, 0.4) is 0 Å². The molecule has 3 rings (SSSR count). The van der Waals surface area contributed by atoms with E-state index in [1.165, 1.54) is 17.0 Å². The van der Waals surface area contributed by atoms with E-state index in [0.717, 1.165) is 0 Å². The minimum atomic E-state index is -0.600. The van der Waals surface area contributed by atoms with Gasteiger partial charge in [-0.15, -0.1) is 0 Å². The second kappa shape index (κ2) is 7.54. The average Bonchev–Trinajstić information content (AvgIpc) is 2.59. The number of carbonyl (C=O) groups is 3. The summed E-state index contributed by atoms with van der Waals surface area (Å²) < 4.78 is 13.9. The molecule has 1 aromatic carbocycles. The second-order valence-electron chi connectivity index (χ2n) is 7.51. The number of nitrogens with one attached hydrogen (secondary N) is 2. The Kier molecular flexibility index (Phi) is 5.34. The highest BCUT2D eigenvalue weighted by molar-refractivity contribution is 6.02. The Morgan fingerprint density at radius 2 is 2.04 bits per heavy atom. The maximum absolute atomic E-state index is 13.9. The fourth-order valence-electron chi connectivity index (χ4n) is 3.57. The average molecular weight is 376 g/mol. The van der Waals surface area contributed by atoms with Gasteiger partial charge in [-0.2, -0.15) is 0 Å². The Morgan fingerprint density at radius 3 is 2.74 bits per heavy atom. The van der Waals surface area contributed by atoms with Gasteiger partial charge in [-0.05, 0) is 37.0 Å². The third kappa shape index (κ3) is 4.04. The van der Waals surface area contributed by atoms with Gasteiger partial charge in [0.15, 0.2) is 0 Å². The fourth-order valence-corrected chi connectivity index (χ4v) is 3.57. The van der Waals surface area contributed by atoms with Crippen molar-refractivity contribution in [1.29, 1.82) is 0 Å². The van der Waals surface area contributed by atoms with E-state index < -0.39 is 17.9 Å². The molecule has 0 radical (unpaired) electrons. The van der Waals surface area contributed by atoms with Gasteiger partial charge in [0.25, 0.3) is 0 Å². The molecule has 1 atom stereocenters. The number of rotatable bonds is 3.